The Kier molecular flexibility index (Phi) is 9.41. The third-order valence-electron chi connectivity index (χ3n) is 11.3. The third kappa shape index (κ3) is 7.06. The normalized spacial score (nSPS) is 27.8. The minimum atomic E-state index is -3.90. The van der Waals surface area contributed by atoms with Crippen LogP contribution in [0.3, 0.4) is 0 Å². The van der Waals surface area contributed by atoms with Gasteiger partial charge in [0, 0.05) is 23.9 Å². The molecule has 0 radical (unpaired) electrons. The number of ether oxygens (including phenoxy) is 2. The maximum Gasteiger partial charge on any atom is 0.407 e. The quantitative estimate of drug-likeness (QED) is 0.305. The Morgan fingerprint density at radius 1 is 1.07 bits per heavy atom. The monoisotopic (exact) mass is 753 g/mol. The number of rotatable bonds is 7. The molecule has 1 saturated heterocycles. The third-order valence-corrected chi connectivity index (χ3v) is 13.1. The lowest BCUT2D eigenvalue weighted by Crippen LogP contribution is -2.59. The van der Waals surface area contributed by atoms with E-state index in [-0.39, 0.29) is 31.9 Å². The fourth-order valence-electron chi connectivity index (χ4n) is 8.05. The fraction of sp³-hybridized carbons (Fsp3) is 0.425. The van der Waals surface area contributed by atoms with Crippen molar-refractivity contribution in [1.82, 2.24) is 25.2 Å². The highest BCUT2D eigenvalue weighted by Crippen LogP contribution is 2.45. The van der Waals surface area contributed by atoms with Gasteiger partial charge in [-0.3, -0.25) is 19.1 Å². The molecular weight excluding hydrogens is 711 g/mol. The zero-order chi connectivity index (χ0) is 37.6. The average Bonchev–Trinajstić information content (AvgIpc) is 4.05. The van der Waals surface area contributed by atoms with Crippen molar-refractivity contribution >= 4 is 50.7 Å². The molecule has 2 aromatic carbocycles. The molecule has 54 heavy (non-hydrogen) atoms. The number of amides is 4. The highest BCUT2D eigenvalue weighted by Gasteiger charge is 2.62. The van der Waals surface area contributed by atoms with E-state index in [1.165, 1.54) is 11.0 Å². The Morgan fingerprint density at radius 3 is 2.57 bits per heavy atom. The highest BCUT2D eigenvalue weighted by atomic mass is 32.2. The van der Waals surface area contributed by atoms with Crippen LogP contribution >= 0.6 is 0 Å². The smallest absolute Gasteiger partial charge is 0.407 e. The van der Waals surface area contributed by atoms with E-state index in [2.05, 4.69) is 26.9 Å². The summed E-state index contributed by atoms with van der Waals surface area (Å²) in [5.74, 6) is -2.44. The molecule has 3 N–H and O–H groups in total. The molecule has 3 aromatic rings. The zero-order valence-corrected chi connectivity index (χ0v) is 30.6. The van der Waals surface area contributed by atoms with Gasteiger partial charge in [-0.05, 0) is 85.1 Å². The predicted molar refractivity (Wildman–Crippen MR) is 199 cm³/mol. The van der Waals surface area contributed by atoms with Crippen LogP contribution in [-0.4, -0.2) is 84.2 Å². The summed E-state index contributed by atoms with van der Waals surface area (Å²) in [6.07, 6.45) is 9.16. The molecule has 2 aliphatic heterocycles. The number of fused-ring (bicyclic) bond motifs is 4. The molecule has 8 rings (SSSR count). The van der Waals surface area contributed by atoms with Gasteiger partial charge in [0.2, 0.25) is 27.7 Å². The summed E-state index contributed by atoms with van der Waals surface area (Å²) in [4.78, 5) is 62.1. The summed E-state index contributed by atoms with van der Waals surface area (Å²) < 4.78 is 39.8. The Bertz CT molecular complexity index is 2140. The molecule has 282 valence electrons. The number of pyridine rings is 1. The van der Waals surface area contributed by atoms with Gasteiger partial charge < -0.3 is 25.0 Å². The topological polar surface area (TPSA) is 173 Å². The summed E-state index contributed by atoms with van der Waals surface area (Å²) >= 11 is 0. The van der Waals surface area contributed by atoms with Crippen molar-refractivity contribution in [2.45, 2.75) is 80.3 Å². The Hall–Kier alpha value is -5.24. The molecule has 3 fully saturated rings. The van der Waals surface area contributed by atoms with Crippen LogP contribution in [0.4, 0.5) is 4.79 Å². The summed E-state index contributed by atoms with van der Waals surface area (Å²) in [6, 6.07) is 13.5. The van der Waals surface area contributed by atoms with Gasteiger partial charge >= 0.3 is 6.09 Å². The van der Waals surface area contributed by atoms with Crippen molar-refractivity contribution in [1.29, 1.82) is 0 Å². The van der Waals surface area contributed by atoms with Crippen LogP contribution in [0.15, 0.2) is 73.5 Å². The van der Waals surface area contributed by atoms with Gasteiger partial charge in [-0.2, -0.15) is 0 Å². The van der Waals surface area contributed by atoms with Gasteiger partial charge in [-0.15, -0.1) is 6.58 Å². The predicted octanol–water partition coefficient (Wildman–Crippen LogP) is 3.57. The van der Waals surface area contributed by atoms with Crippen molar-refractivity contribution in [3.63, 3.8) is 0 Å². The Morgan fingerprint density at radius 2 is 1.85 bits per heavy atom. The highest BCUT2D eigenvalue weighted by molar-refractivity contribution is 7.91. The van der Waals surface area contributed by atoms with Crippen LogP contribution in [0.5, 0.6) is 5.88 Å². The number of nitrogens with one attached hydrogen (secondary N) is 3. The minimum Gasteiger partial charge on any atom is -0.472 e. The first-order valence-corrected chi connectivity index (χ1v) is 20.1. The number of hydrogen-bond acceptors (Lipinski definition) is 9. The van der Waals surface area contributed by atoms with Crippen molar-refractivity contribution in [2.24, 2.45) is 11.8 Å². The molecule has 4 amide bonds. The van der Waals surface area contributed by atoms with E-state index in [1.54, 1.807) is 6.20 Å². The second-order valence-electron chi connectivity index (χ2n) is 15.0. The average molecular weight is 754 g/mol. The SMILES string of the molecule is C=C[C@@H]1C[C@]1(NC(=O)[C@@H]1C[C@@H]2CN1C(=O)[C@@H](C1Cc3ccccc3C1)NC(=O)OCCC/C=C/c1ccc3ccnc(c3c1)O2)C(=O)NS(=O)(=O)C1CC1. The van der Waals surface area contributed by atoms with Crippen molar-refractivity contribution < 1.29 is 37.1 Å². The summed E-state index contributed by atoms with van der Waals surface area (Å²) in [7, 11) is -3.90. The van der Waals surface area contributed by atoms with Crippen LogP contribution in [0.2, 0.25) is 0 Å². The van der Waals surface area contributed by atoms with Crippen molar-refractivity contribution in [3.8, 4) is 5.88 Å². The molecule has 5 atom stereocenters. The van der Waals surface area contributed by atoms with E-state index < -0.39 is 68.7 Å². The molecule has 3 aliphatic carbocycles. The van der Waals surface area contributed by atoms with Crippen LogP contribution < -0.4 is 20.1 Å². The number of nitrogens with zero attached hydrogens (tertiary/aromatic N) is 2. The maximum absolute atomic E-state index is 14.9. The lowest BCUT2D eigenvalue weighted by Gasteiger charge is -2.32. The summed E-state index contributed by atoms with van der Waals surface area (Å²) in [5, 5.41) is 6.72. The summed E-state index contributed by atoms with van der Waals surface area (Å²) in [5.41, 5.74) is 1.53. The van der Waals surface area contributed by atoms with Gasteiger partial charge in [0.05, 0.1) is 18.4 Å². The van der Waals surface area contributed by atoms with Crippen LogP contribution in [-0.2, 0) is 42.0 Å². The van der Waals surface area contributed by atoms with E-state index in [9.17, 15) is 27.6 Å². The van der Waals surface area contributed by atoms with Crippen molar-refractivity contribution in [2.75, 3.05) is 13.2 Å². The van der Waals surface area contributed by atoms with E-state index in [4.69, 9.17) is 9.47 Å². The van der Waals surface area contributed by atoms with Crippen LogP contribution in [0, 0.1) is 11.8 Å². The van der Waals surface area contributed by atoms with Gasteiger partial charge in [0.1, 0.15) is 23.7 Å². The van der Waals surface area contributed by atoms with Crippen LogP contribution in [0.25, 0.3) is 16.8 Å². The van der Waals surface area contributed by atoms with E-state index >= 15 is 0 Å². The lowest BCUT2D eigenvalue weighted by atomic mass is 9.95. The number of aromatic nitrogens is 1. The minimum absolute atomic E-state index is 0.0123. The van der Waals surface area contributed by atoms with Crippen molar-refractivity contribution in [3.05, 3.63) is 90.1 Å². The van der Waals surface area contributed by atoms with E-state index in [0.717, 1.165) is 27.5 Å². The number of alkyl carbamates (subject to hydrolysis) is 1. The molecule has 3 heterocycles. The molecule has 2 saturated carbocycles. The first kappa shape index (κ1) is 35.8. The molecule has 1 aromatic heterocycles. The molecule has 0 unspecified atom stereocenters. The van der Waals surface area contributed by atoms with Gasteiger partial charge in [-0.1, -0.05) is 54.6 Å². The van der Waals surface area contributed by atoms with Gasteiger partial charge in [0.15, 0.2) is 0 Å². The van der Waals surface area contributed by atoms with E-state index in [0.29, 0.717) is 44.4 Å². The maximum atomic E-state index is 14.9. The Labute approximate surface area is 313 Å². The number of hydrogen-bond donors (Lipinski definition) is 3. The van der Waals surface area contributed by atoms with E-state index in [1.807, 2.05) is 60.7 Å². The van der Waals surface area contributed by atoms with Crippen LogP contribution in [0.1, 0.15) is 55.2 Å². The first-order chi connectivity index (χ1) is 26.0. The second-order valence-corrected chi connectivity index (χ2v) is 17.0. The number of carbonyl (C=O) groups is 4. The summed E-state index contributed by atoms with van der Waals surface area (Å²) in [6.45, 7) is 3.93. The second kappa shape index (κ2) is 14.2. The largest absolute Gasteiger partial charge is 0.472 e. The Balaban J connectivity index is 1.13. The molecule has 0 spiro atoms. The molecule has 14 heteroatoms. The number of benzene rings is 2. The molecular formula is C40H43N5O8S. The molecule has 13 nitrogen and oxygen atoms in total. The zero-order valence-electron chi connectivity index (χ0n) is 29.7. The first-order valence-electron chi connectivity index (χ1n) is 18.6. The molecule has 4 bridgehead atoms. The number of carbonyl (C=O) groups excluding carboxylic acids is 4. The lowest BCUT2D eigenvalue weighted by molar-refractivity contribution is -0.142. The standard InChI is InChI=1S/C40H43N5O8S/c1-2-29-22-40(29,38(48)44-54(50,51)31-13-14-31)43-35(46)33-21-30-23-45(33)37(47)34(28-19-26-9-5-6-10-27(26)20-28)42-39(49)52-17-7-3-4-8-24-11-12-25-15-16-41-36(53-30)32(25)18-24/h2,4-6,8-12,15-16,18,28-31,33-34H,1,3,7,13-14,17,19-23H2,(H,42,49)(H,43,46)(H,44,48)/b8-4+/t29-,30-,33+,34-,40-/m1/s1. The van der Waals surface area contributed by atoms with Gasteiger partial charge in [0.25, 0.3) is 5.91 Å². The number of sulfonamides is 1. The molecule has 5 aliphatic rings. The number of allylic oxidation sites excluding steroid dienone is 1. The van der Waals surface area contributed by atoms with Gasteiger partial charge in [-0.25, -0.2) is 18.2 Å². The fourth-order valence-corrected chi connectivity index (χ4v) is 9.42. The number of cyclic esters (lactones) is 1.